The van der Waals surface area contributed by atoms with Gasteiger partial charge in [-0.05, 0) is 49.0 Å². The van der Waals surface area contributed by atoms with E-state index in [-0.39, 0.29) is 0 Å². The van der Waals surface area contributed by atoms with E-state index in [2.05, 4.69) is 22.8 Å². The summed E-state index contributed by atoms with van der Waals surface area (Å²) in [5.74, 6) is 0. The highest BCUT2D eigenvalue weighted by molar-refractivity contribution is 7.09. The molecule has 2 saturated carbocycles. The van der Waals surface area contributed by atoms with Crippen LogP contribution in [0.3, 0.4) is 0 Å². The zero-order valence-electron chi connectivity index (χ0n) is 9.87. The largest absolute Gasteiger partial charge is 0.313 e. The second-order valence-electron chi connectivity index (χ2n) is 5.62. The van der Waals surface area contributed by atoms with Crippen LogP contribution in [-0.2, 0) is 6.42 Å². The third kappa shape index (κ3) is 2.49. The van der Waals surface area contributed by atoms with Crippen LogP contribution in [0.4, 0.5) is 0 Å². The Hall–Kier alpha value is -0.340. The highest BCUT2D eigenvalue weighted by Gasteiger charge is 2.35. The molecule has 0 bridgehead atoms. The van der Waals surface area contributed by atoms with E-state index in [1.165, 1.54) is 51.5 Å². The van der Waals surface area contributed by atoms with Gasteiger partial charge in [-0.25, -0.2) is 0 Å². The smallest absolute Gasteiger partial charge is 0.00684 e. The molecule has 0 saturated heterocycles. The molecule has 2 aliphatic carbocycles. The van der Waals surface area contributed by atoms with Crippen molar-refractivity contribution >= 4 is 11.3 Å². The first-order valence-corrected chi connectivity index (χ1v) is 7.50. The van der Waals surface area contributed by atoms with Crippen molar-refractivity contribution in [1.29, 1.82) is 0 Å². The van der Waals surface area contributed by atoms with Crippen LogP contribution in [0, 0.1) is 5.41 Å². The van der Waals surface area contributed by atoms with Gasteiger partial charge in [0.05, 0.1) is 0 Å². The monoisotopic (exact) mass is 235 g/mol. The second kappa shape index (κ2) is 4.50. The van der Waals surface area contributed by atoms with Gasteiger partial charge in [0.1, 0.15) is 0 Å². The molecule has 0 radical (unpaired) electrons. The third-order valence-corrected chi connectivity index (χ3v) is 5.01. The average molecular weight is 235 g/mol. The first kappa shape index (κ1) is 10.8. The van der Waals surface area contributed by atoms with Crippen molar-refractivity contribution in [2.24, 2.45) is 5.41 Å². The van der Waals surface area contributed by atoms with Crippen LogP contribution in [0.2, 0.25) is 0 Å². The van der Waals surface area contributed by atoms with Gasteiger partial charge in [-0.2, -0.15) is 0 Å². The molecule has 1 aromatic heterocycles. The van der Waals surface area contributed by atoms with Gasteiger partial charge in [-0.1, -0.05) is 18.9 Å². The number of hydrogen-bond acceptors (Lipinski definition) is 2. The van der Waals surface area contributed by atoms with Crippen molar-refractivity contribution in [3.63, 3.8) is 0 Å². The molecule has 0 spiro atoms. The van der Waals surface area contributed by atoms with Crippen molar-refractivity contribution in [1.82, 2.24) is 5.32 Å². The summed E-state index contributed by atoms with van der Waals surface area (Å²) in [6.45, 7) is 1.26. The Balaban J connectivity index is 1.63. The lowest BCUT2D eigenvalue weighted by Crippen LogP contribution is -2.34. The lowest BCUT2D eigenvalue weighted by atomic mass is 9.82. The Morgan fingerprint density at radius 2 is 2.12 bits per heavy atom. The van der Waals surface area contributed by atoms with E-state index in [9.17, 15) is 0 Å². The Labute approximate surface area is 102 Å². The molecule has 2 aliphatic rings. The molecular formula is C14H21NS. The molecule has 2 fully saturated rings. The molecule has 88 valence electrons. The van der Waals surface area contributed by atoms with E-state index in [1.807, 2.05) is 11.3 Å². The fourth-order valence-corrected chi connectivity index (χ4v) is 3.85. The average Bonchev–Trinajstić information content (AvgIpc) is 2.78. The highest BCUT2D eigenvalue weighted by Crippen LogP contribution is 2.41. The predicted octanol–water partition coefficient (Wildman–Crippen LogP) is 3.60. The van der Waals surface area contributed by atoms with Gasteiger partial charge in [-0.15, -0.1) is 11.3 Å². The SMILES string of the molecule is c1csc(CC2(CNC3CC3)CCCC2)c1. The highest BCUT2D eigenvalue weighted by atomic mass is 32.1. The van der Waals surface area contributed by atoms with Crippen LogP contribution < -0.4 is 5.32 Å². The van der Waals surface area contributed by atoms with E-state index in [0.717, 1.165) is 6.04 Å². The minimum Gasteiger partial charge on any atom is -0.313 e. The Morgan fingerprint density at radius 3 is 2.75 bits per heavy atom. The van der Waals surface area contributed by atoms with Gasteiger partial charge in [0, 0.05) is 17.5 Å². The summed E-state index contributed by atoms with van der Waals surface area (Å²) in [5, 5.41) is 5.97. The second-order valence-corrected chi connectivity index (χ2v) is 6.65. The molecular weight excluding hydrogens is 214 g/mol. The summed E-state index contributed by atoms with van der Waals surface area (Å²) in [6, 6.07) is 5.36. The minimum absolute atomic E-state index is 0.591. The maximum atomic E-state index is 3.76. The van der Waals surface area contributed by atoms with E-state index >= 15 is 0 Å². The summed E-state index contributed by atoms with van der Waals surface area (Å²) in [4.78, 5) is 1.58. The van der Waals surface area contributed by atoms with Gasteiger partial charge >= 0.3 is 0 Å². The maximum Gasteiger partial charge on any atom is 0.00684 e. The normalized spacial score (nSPS) is 23.8. The fraction of sp³-hybridized carbons (Fsp3) is 0.714. The third-order valence-electron chi connectivity index (χ3n) is 4.14. The van der Waals surface area contributed by atoms with Crippen LogP contribution in [0.5, 0.6) is 0 Å². The van der Waals surface area contributed by atoms with Gasteiger partial charge < -0.3 is 5.32 Å². The molecule has 0 amide bonds. The summed E-state index contributed by atoms with van der Waals surface area (Å²) in [7, 11) is 0. The van der Waals surface area contributed by atoms with E-state index < -0.39 is 0 Å². The van der Waals surface area contributed by atoms with Gasteiger partial charge in [0.25, 0.3) is 0 Å². The molecule has 16 heavy (non-hydrogen) atoms. The zero-order valence-corrected chi connectivity index (χ0v) is 10.7. The standard InChI is InChI=1S/C14H21NS/c1-2-8-14(7-1,11-15-12-5-6-12)10-13-4-3-9-16-13/h3-4,9,12,15H,1-2,5-8,10-11H2. The minimum atomic E-state index is 0.591. The zero-order chi connectivity index (χ0) is 10.8. The molecule has 0 unspecified atom stereocenters. The number of thiophene rings is 1. The van der Waals surface area contributed by atoms with Gasteiger partial charge in [-0.3, -0.25) is 0 Å². The van der Waals surface area contributed by atoms with Crippen molar-refractivity contribution in [2.45, 2.75) is 51.0 Å². The Morgan fingerprint density at radius 1 is 1.31 bits per heavy atom. The van der Waals surface area contributed by atoms with E-state index in [4.69, 9.17) is 0 Å². The number of nitrogens with one attached hydrogen (secondary N) is 1. The maximum absolute atomic E-state index is 3.76. The van der Waals surface area contributed by atoms with Crippen molar-refractivity contribution in [2.75, 3.05) is 6.54 Å². The Bertz CT molecular complexity index is 321. The quantitative estimate of drug-likeness (QED) is 0.822. The predicted molar refractivity (Wildman–Crippen MR) is 69.9 cm³/mol. The van der Waals surface area contributed by atoms with Gasteiger partial charge in [0.15, 0.2) is 0 Å². The molecule has 1 N–H and O–H groups in total. The van der Waals surface area contributed by atoms with Crippen LogP contribution in [0.25, 0.3) is 0 Å². The first-order chi connectivity index (χ1) is 7.86. The summed E-state index contributed by atoms with van der Waals surface area (Å²) in [5.41, 5.74) is 0.591. The summed E-state index contributed by atoms with van der Waals surface area (Å²) in [6.07, 6.45) is 9.89. The molecule has 0 aromatic carbocycles. The molecule has 3 rings (SSSR count). The first-order valence-electron chi connectivity index (χ1n) is 6.62. The topological polar surface area (TPSA) is 12.0 Å². The molecule has 0 atom stereocenters. The Kier molecular flexibility index (Phi) is 3.03. The van der Waals surface area contributed by atoms with Crippen LogP contribution in [0.1, 0.15) is 43.4 Å². The van der Waals surface area contributed by atoms with Gasteiger partial charge in [0.2, 0.25) is 0 Å². The number of rotatable bonds is 5. The summed E-state index contributed by atoms with van der Waals surface area (Å²) >= 11 is 1.93. The van der Waals surface area contributed by atoms with Crippen LogP contribution >= 0.6 is 11.3 Å². The summed E-state index contributed by atoms with van der Waals surface area (Å²) < 4.78 is 0. The molecule has 0 aliphatic heterocycles. The molecule has 1 heterocycles. The molecule has 1 nitrogen and oxygen atoms in total. The lowest BCUT2D eigenvalue weighted by molar-refractivity contribution is 0.278. The van der Waals surface area contributed by atoms with Crippen LogP contribution in [0.15, 0.2) is 17.5 Å². The van der Waals surface area contributed by atoms with Crippen molar-refractivity contribution in [3.05, 3.63) is 22.4 Å². The van der Waals surface area contributed by atoms with E-state index in [0.29, 0.717) is 5.41 Å². The van der Waals surface area contributed by atoms with Crippen molar-refractivity contribution in [3.8, 4) is 0 Å². The fourth-order valence-electron chi connectivity index (χ4n) is 2.97. The molecule has 1 aromatic rings. The van der Waals surface area contributed by atoms with Crippen molar-refractivity contribution < 1.29 is 0 Å². The van der Waals surface area contributed by atoms with E-state index in [1.54, 1.807) is 4.88 Å². The number of hydrogen-bond donors (Lipinski definition) is 1. The molecule has 2 heteroatoms. The van der Waals surface area contributed by atoms with Crippen LogP contribution in [-0.4, -0.2) is 12.6 Å². The lowest BCUT2D eigenvalue weighted by Gasteiger charge is -2.29.